The van der Waals surface area contributed by atoms with Gasteiger partial charge in [0.1, 0.15) is 0 Å². The normalized spacial score (nSPS) is 29.0. The third-order valence-corrected chi connectivity index (χ3v) is 3.27. The molecule has 90 valence electrons. The van der Waals surface area contributed by atoms with E-state index in [2.05, 4.69) is 52.2 Å². The van der Waals surface area contributed by atoms with Gasteiger partial charge in [-0.05, 0) is 46.5 Å². The van der Waals surface area contributed by atoms with Crippen LogP contribution in [0.4, 0.5) is 0 Å². The van der Waals surface area contributed by atoms with Crippen LogP contribution in [0.25, 0.3) is 0 Å². The third kappa shape index (κ3) is 4.52. The fraction of sp³-hybridized carbons (Fsp3) is 1.00. The van der Waals surface area contributed by atoms with Gasteiger partial charge in [0, 0.05) is 23.7 Å². The smallest absolute Gasteiger partial charge is 0.0101 e. The van der Waals surface area contributed by atoms with E-state index in [1.54, 1.807) is 0 Å². The number of rotatable bonds is 4. The van der Waals surface area contributed by atoms with Crippen LogP contribution >= 0.6 is 0 Å². The lowest BCUT2D eigenvalue weighted by molar-refractivity contribution is 0.188. The highest BCUT2D eigenvalue weighted by atomic mass is 15.1. The first kappa shape index (κ1) is 13.0. The van der Waals surface area contributed by atoms with E-state index in [-0.39, 0.29) is 5.54 Å². The van der Waals surface area contributed by atoms with Gasteiger partial charge in [-0.15, -0.1) is 0 Å². The molecule has 1 saturated carbocycles. The number of hydrogen-bond donors (Lipinski definition) is 2. The SMILES string of the molecule is CC(C)C(C)NC1CC(NC(C)(C)C)C1. The van der Waals surface area contributed by atoms with Crippen molar-refractivity contribution < 1.29 is 0 Å². The second kappa shape index (κ2) is 4.84. The molecule has 2 N–H and O–H groups in total. The van der Waals surface area contributed by atoms with Crippen LogP contribution in [0.2, 0.25) is 0 Å². The minimum atomic E-state index is 0.263. The van der Waals surface area contributed by atoms with Crippen molar-refractivity contribution in [1.29, 1.82) is 0 Å². The maximum Gasteiger partial charge on any atom is 0.0101 e. The Balaban J connectivity index is 2.15. The van der Waals surface area contributed by atoms with Crippen molar-refractivity contribution in [2.45, 2.75) is 78.0 Å². The van der Waals surface area contributed by atoms with E-state index in [4.69, 9.17) is 0 Å². The lowest BCUT2D eigenvalue weighted by Gasteiger charge is -2.42. The lowest BCUT2D eigenvalue weighted by Crippen LogP contribution is -2.57. The van der Waals surface area contributed by atoms with Gasteiger partial charge in [0.25, 0.3) is 0 Å². The van der Waals surface area contributed by atoms with Crippen molar-refractivity contribution in [1.82, 2.24) is 10.6 Å². The van der Waals surface area contributed by atoms with Gasteiger partial charge in [-0.1, -0.05) is 13.8 Å². The van der Waals surface area contributed by atoms with Crippen LogP contribution in [0.1, 0.15) is 54.4 Å². The molecule has 0 aromatic heterocycles. The largest absolute Gasteiger partial charge is 0.311 e. The molecule has 0 aromatic rings. The first-order valence-corrected chi connectivity index (χ1v) is 6.31. The van der Waals surface area contributed by atoms with E-state index < -0.39 is 0 Å². The number of nitrogens with one attached hydrogen (secondary N) is 2. The van der Waals surface area contributed by atoms with E-state index in [1.165, 1.54) is 12.8 Å². The molecule has 15 heavy (non-hydrogen) atoms. The van der Waals surface area contributed by atoms with E-state index >= 15 is 0 Å². The van der Waals surface area contributed by atoms with E-state index in [0.29, 0.717) is 6.04 Å². The summed E-state index contributed by atoms with van der Waals surface area (Å²) >= 11 is 0. The van der Waals surface area contributed by atoms with Crippen LogP contribution in [-0.4, -0.2) is 23.7 Å². The highest BCUT2D eigenvalue weighted by Gasteiger charge is 2.32. The van der Waals surface area contributed by atoms with Gasteiger partial charge in [-0.2, -0.15) is 0 Å². The van der Waals surface area contributed by atoms with Crippen LogP contribution in [0.15, 0.2) is 0 Å². The van der Waals surface area contributed by atoms with E-state index in [0.717, 1.165) is 18.0 Å². The lowest BCUT2D eigenvalue weighted by atomic mass is 9.84. The Morgan fingerprint density at radius 3 is 1.93 bits per heavy atom. The summed E-state index contributed by atoms with van der Waals surface area (Å²) in [6, 6.07) is 2.11. The highest BCUT2D eigenvalue weighted by molar-refractivity contribution is 4.94. The monoisotopic (exact) mass is 212 g/mol. The van der Waals surface area contributed by atoms with Gasteiger partial charge >= 0.3 is 0 Å². The standard InChI is InChI=1S/C13H28N2/c1-9(2)10(3)14-11-7-12(8-11)15-13(4,5)6/h9-12,14-15H,7-8H2,1-6H3. The summed E-state index contributed by atoms with van der Waals surface area (Å²) in [4.78, 5) is 0. The number of hydrogen-bond acceptors (Lipinski definition) is 2. The Labute approximate surface area is 95.2 Å². The van der Waals surface area contributed by atoms with Crippen LogP contribution in [0, 0.1) is 5.92 Å². The molecule has 0 heterocycles. The Morgan fingerprint density at radius 1 is 1.00 bits per heavy atom. The zero-order valence-electron chi connectivity index (χ0n) is 11.2. The molecule has 0 bridgehead atoms. The zero-order valence-corrected chi connectivity index (χ0v) is 11.2. The van der Waals surface area contributed by atoms with Crippen molar-refractivity contribution >= 4 is 0 Å². The minimum absolute atomic E-state index is 0.263. The first-order chi connectivity index (χ1) is 6.78. The van der Waals surface area contributed by atoms with Crippen molar-refractivity contribution in [2.24, 2.45) is 5.92 Å². The van der Waals surface area contributed by atoms with Crippen molar-refractivity contribution in [3.8, 4) is 0 Å². The topological polar surface area (TPSA) is 24.1 Å². The second-order valence-electron chi connectivity index (χ2n) is 6.46. The molecule has 1 atom stereocenters. The average molecular weight is 212 g/mol. The van der Waals surface area contributed by atoms with Crippen LogP contribution in [0.3, 0.4) is 0 Å². The maximum atomic E-state index is 3.69. The molecule has 0 radical (unpaired) electrons. The summed E-state index contributed by atoms with van der Waals surface area (Å²) in [6.45, 7) is 13.6. The molecule has 2 heteroatoms. The predicted octanol–water partition coefficient (Wildman–Crippen LogP) is 2.54. The van der Waals surface area contributed by atoms with Gasteiger partial charge in [0.15, 0.2) is 0 Å². The Kier molecular flexibility index (Phi) is 4.19. The molecule has 0 aromatic carbocycles. The zero-order chi connectivity index (χ0) is 11.6. The minimum Gasteiger partial charge on any atom is -0.311 e. The molecule has 0 spiro atoms. The summed E-state index contributed by atoms with van der Waals surface area (Å²) in [5.74, 6) is 0.736. The molecular formula is C13H28N2. The Bertz CT molecular complexity index is 187. The highest BCUT2D eigenvalue weighted by Crippen LogP contribution is 2.23. The van der Waals surface area contributed by atoms with Gasteiger partial charge in [-0.25, -0.2) is 0 Å². The van der Waals surface area contributed by atoms with E-state index in [1.807, 2.05) is 0 Å². The summed E-state index contributed by atoms with van der Waals surface area (Å²) < 4.78 is 0. The molecule has 1 unspecified atom stereocenters. The average Bonchev–Trinajstić information content (AvgIpc) is 1.97. The maximum absolute atomic E-state index is 3.69. The summed E-state index contributed by atoms with van der Waals surface area (Å²) in [6.07, 6.45) is 2.57. The van der Waals surface area contributed by atoms with Gasteiger partial charge < -0.3 is 10.6 Å². The molecule has 1 aliphatic rings. The summed E-state index contributed by atoms with van der Waals surface area (Å²) in [5.41, 5.74) is 0.263. The van der Waals surface area contributed by atoms with Gasteiger partial charge in [-0.3, -0.25) is 0 Å². The van der Waals surface area contributed by atoms with Gasteiger partial charge in [0.2, 0.25) is 0 Å². The van der Waals surface area contributed by atoms with Crippen molar-refractivity contribution in [2.75, 3.05) is 0 Å². The molecular weight excluding hydrogens is 184 g/mol. The Morgan fingerprint density at radius 2 is 1.53 bits per heavy atom. The molecule has 0 amide bonds. The summed E-state index contributed by atoms with van der Waals surface area (Å²) in [7, 11) is 0. The molecule has 1 fully saturated rings. The Hall–Kier alpha value is -0.0800. The molecule has 1 rings (SSSR count). The quantitative estimate of drug-likeness (QED) is 0.748. The van der Waals surface area contributed by atoms with Crippen molar-refractivity contribution in [3.63, 3.8) is 0 Å². The summed E-state index contributed by atoms with van der Waals surface area (Å²) in [5, 5.41) is 7.34. The van der Waals surface area contributed by atoms with E-state index in [9.17, 15) is 0 Å². The predicted molar refractivity (Wildman–Crippen MR) is 67.1 cm³/mol. The fourth-order valence-electron chi connectivity index (χ4n) is 2.05. The molecule has 0 aliphatic heterocycles. The first-order valence-electron chi connectivity index (χ1n) is 6.31. The van der Waals surface area contributed by atoms with Crippen LogP contribution in [0.5, 0.6) is 0 Å². The van der Waals surface area contributed by atoms with Crippen LogP contribution < -0.4 is 10.6 Å². The fourth-order valence-corrected chi connectivity index (χ4v) is 2.05. The molecule has 1 aliphatic carbocycles. The second-order valence-corrected chi connectivity index (χ2v) is 6.46. The molecule has 0 saturated heterocycles. The van der Waals surface area contributed by atoms with Gasteiger partial charge in [0.05, 0.1) is 0 Å². The third-order valence-electron chi connectivity index (χ3n) is 3.27. The van der Waals surface area contributed by atoms with Crippen molar-refractivity contribution in [3.05, 3.63) is 0 Å². The molecule has 2 nitrogen and oxygen atoms in total. The van der Waals surface area contributed by atoms with Crippen LogP contribution in [-0.2, 0) is 0 Å².